The van der Waals surface area contributed by atoms with Gasteiger partial charge in [-0.05, 0) is 49.4 Å². The number of halogens is 1. The number of rotatable bonds is 10. The minimum atomic E-state index is -3.92. The highest BCUT2D eigenvalue weighted by atomic mass is 35.5. The van der Waals surface area contributed by atoms with Crippen molar-refractivity contribution < 1.29 is 22.7 Å². The summed E-state index contributed by atoms with van der Waals surface area (Å²) < 4.78 is 32.5. The third-order valence-electron chi connectivity index (χ3n) is 4.98. The molecule has 3 rings (SSSR count). The first kappa shape index (κ1) is 25.4. The van der Waals surface area contributed by atoms with Crippen LogP contribution in [0.15, 0.2) is 77.7 Å². The van der Waals surface area contributed by atoms with E-state index < -0.39 is 22.5 Å². The lowest BCUT2D eigenvalue weighted by Gasteiger charge is -2.20. The first-order valence-corrected chi connectivity index (χ1v) is 12.5. The Morgan fingerprint density at radius 2 is 1.65 bits per heavy atom. The Hall–Kier alpha value is -3.20. The molecule has 7 nitrogen and oxygen atoms in total. The maximum Gasteiger partial charge on any atom is 0.243 e. The fourth-order valence-electron chi connectivity index (χ4n) is 3.30. The molecule has 3 aromatic rings. The number of carbonyl (C=O) groups is 2. The fourth-order valence-corrected chi connectivity index (χ4v) is 4.88. The van der Waals surface area contributed by atoms with Gasteiger partial charge in [0.2, 0.25) is 15.9 Å². The molecule has 0 aliphatic heterocycles. The number of benzene rings is 3. The van der Waals surface area contributed by atoms with Crippen LogP contribution in [0, 0.1) is 0 Å². The number of hydrogen-bond donors (Lipinski definition) is 1. The van der Waals surface area contributed by atoms with Crippen molar-refractivity contribution in [3.63, 3.8) is 0 Å². The lowest BCUT2D eigenvalue weighted by Crippen LogP contribution is -2.38. The van der Waals surface area contributed by atoms with Gasteiger partial charge in [-0.2, -0.15) is 4.31 Å². The quantitative estimate of drug-likeness (QED) is 0.410. The van der Waals surface area contributed by atoms with Gasteiger partial charge in [-0.3, -0.25) is 9.59 Å². The third kappa shape index (κ3) is 6.02. The van der Waals surface area contributed by atoms with Crippen LogP contribution < -0.4 is 10.1 Å². The molecule has 1 N–H and O–H groups in total. The summed E-state index contributed by atoms with van der Waals surface area (Å²) in [4.78, 5) is 25.8. The summed E-state index contributed by atoms with van der Waals surface area (Å²) in [5.74, 6) is -0.339. The summed E-state index contributed by atoms with van der Waals surface area (Å²) in [5.41, 5.74) is 0.899. The van der Waals surface area contributed by atoms with Gasteiger partial charge in [0.05, 0.1) is 23.7 Å². The van der Waals surface area contributed by atoms with Gasteiger partial charge in [0.1, 0.15) is 5.75 Å². The molecule has 0 bridgehead atoms. The van der Waals surface area contributed by atoms with Crippen molar-refractivity contribution in [1.82, 2.24) is 4.31 Å². The number of carbonyl (C=O) groups excluding carboxylic acids is 2. The second-order valence-electron chi connectivity index (χ2n) is 7.27. The molecular formula is C25H25ClN2O5S. The molecule has 1 amide bonds. The number of nitrogens with zero attached hydrogens (tertiary/aromatic N) is 1. The molecule has 178 valence electrons. The van der Waals surface area contributed by atoms with Crippen LogP contribution in [0.4, 0.5) is 5.69 Å². The smallest absolute Gasteiger partial charge is 0.243 e. The van der Waals surface area contributed by atoms with E-state index in [9.17, 15) is 18.0 Å². The Morgan fingerprint density at radius 1 is 0.971 bits per heavy atom. The zero-order valence-corrected chi connectivity index (χ0v) is 20.4. The molecule has 0 aliphatic rings. The van der Waals surface area contributed by atoms with Gasteiger partial charge in [0, 0.05) is 22.7 Å². The molecule has 0 fully saturated rings. The first-order valence-electron chi connectivity index (χ1n) is 10.7. The number of likely N-dealkylation sites (N-methyl/N-ethyl adjacent to an activating group) is 1. The Kier molecular flexibility index (Phi) is 8.44. The Labute approximate surface area is 204 Å². The van der Waals surface area contributed by atoms with Crippen LogP contribution in [-0.2, 0) is 14.8 Å². The second kappa shape index (κ2) is 11.3. The van der Waals surface area contributed by atoms with Crippen LogP contribution >= 0.6 is 11.6 Å². The average Bonchev–Trinajstić information content (AvgIpc) is 2.84. The third-order valence-corrected chi connectivity index (χ3v) is 7.15. The summed E-state index contributed by atoms with van der Waals surface area (Å²) >= 11 is 6.09. The van der Waals surface area contributed by atoms with E-state index in [4.69, 9.17) is 16.3 Å². The van der Waals surface area contributed by atoms with Crippen molar-refractivity contribution in [1.29, 1.82) is 0 Å². The Balaban J connectivity index is 1.80. The highest BCUT2D eigenvalue weighted by Crippen LogP contribution is 2.24. The number of sulfonamides is 1. The van der Waals surface area contributed by atoms with Gasteiger partial charge in [0.15, 0.2) is 5.78 Å². The zero-order chi connectivity index (χ0) is 24.7. The van der Waals surface area contributed by atoms with Crippen LogP contribution in [0.3, 0.4) is 0 Å². The SMILES string of the molecule is CCOc1ccc(S(=O)(=O)N(CC)CC(=O)Nc2ccc(Cl)cc2C(=O)c2ccccc2)cc1. The van der Waals surface area contributed by atoms with E-state index in [-0.39, 0.29) is 28.5 Å². The van der Waals surface area contributed by atoms with E-state index in [2.05, 4.69) is 5.32 Å². The standard InChI is InChI=1S/C25H25ClN2O5S/c1-3-28(34(31,32)21-13-11-20(12-14-21)33-4-2)17-24(29)27-23-15-10-19(26)16-22(23)25(30)18-8-6-5-7-9-18/h5-16H,3-4,17H2,1-2H3,(H,27,29). The molecule has 34 heavy (non-hydrogen) atoms. The largest absolute Gasteiger partial charge is 0.494 e. The Morgan fingerprint density at radius 3 is 2.26 bits per heavy atom. The summed E-state index contributed by atoms with van der Waals surface area (Å²) in [6.07, 6.45) is 0. The molecule has 0 heterocycles. The number of amides is 1. The summed E-state index contributed by atoms with van der Waals surface area (Å²) in [6.45, 7) is 3.60. The van der Waals surface area contributed by atoms with Gasteiger partial charge in [-0.15, -0.1) is 0 Å². The molecule has 0 saturated heterocycles. The molecule has 0 aliphatic carbocycles. The van der Waals surface area contributed by atoms with E-state index in [0.29, 0.717) is 22.9 Å². The van der Waals surface area contributed by atoms with Gasteiger partial charge < -0.3 is 10.1 Å². The van der Waals surface area contributed by atoms with Gasteiger partial charge in [0.25, 0.3) is 0 Å². The number of ketones is 1. The van der Waals surface area contributed by atoms with Gasteiger partial charge in [-0.1, -0.05) is 48.9 Å². The van der Waals surface area contributed by atoms with E-state index in [1.807, 2.05) is 6.92 Å². The Bertz CT molecular complexity index is 1260. The molecule has 0 saturated carbocycles. The highest BCUT2D eigenvalue weighted by Gasteiger charge is 2.26. The topological polar surface area (TPSA) is 92.8 Å². The fraction of sp³-hybridized carbons (Fsp3) is 0.200. The monoisotopic (exact) mass is 500 g/mol. The molecule has 0 spiro atoms. The van der Waals surface area contributed by atoms with Crippen LogP contribution in [0.1, 0.15) is 29.8 Å². The van der Waals surface area contributed by atoms with Crippen LogP contribution in [0.2, 0.25) is 5.02 Å². The van der Waals surface area contributed by atoms with Crippen LogP contribution in [0.25, 0.3) is 0 Å². The van der Waals surface area contributed by atoms with Crippen molar-refractivity contribution in [3.05, 3.63) is 88.9 Å². The molecule has 0 aromatic heterocycles. The number of nitrogens with one attached hydrogen (secondary N) is 1. The van der Waals surface area contributed by atoms with Gasteiger partial charge >= 0.3 is 0 Å². The second-order valence-corrected chi connectivity index (χ2v) is 9.64. The van der Waals surface area contributed by atoms with Crippen molar-refractivity contribution >= 4 is 39.0 Å². The van der Waals surface area contributed by atoms with Crippen molar-refractivity contribution in [3.8, 4) is 5.75 Å². The highest BCUT2D eigenvalue weighted by molar-refractivity contribution is 7.89. The zero-order valence-electron chi connectivity index (χ0n) is 18.8. The van der Waals surface area contributed by atoms with E-state index in [1.54, 1.807) is 55.5 Å². The lowest BCUT2D eigenvalue weighted by atomic mass is 10.0. The number of anilines is 1. The minimum absolute atomic E-state index is 0.0528. The summed E-state index contributed by atoms with van der Waals surface area (Å²) in [7, 11) is -3.92. The summed E-state index contributed by atoms with van der Waals surface area (Å²) in [6, 6.07) is 19.2. The van der Waals surface area contributed by atoms with Crippen molar-refractivity contribution in [2.45, 2.75) is 18.7 Å². The van der Waals surface area contributed by atoms with Crippen LogP contribution in [-0.4, -0.2) is 44.1 Å². The van der Waals surface area contributed by atoms with Gasteiger partial charge in [-0.25, -0.2) is 8.42 Å². The number of hydrogen-bond acceptors (Lipinski definition) is 5. The molecule has 3 aromatic carbocycles. The van der Waals surface area contributed by atoms with E-state index in [0.717, 1.165) is 4.31 Å². The molecule has 0 atom stereocenters. The predicted octanol–water partition coefficient (Wildman–Crippen LogP) is 4.62. The first-order chi connectivity index (χ1) is 16.3. The predicted molar refractivity (Wildman–Crippen MR) is 132 cm³/mol. The average molecular weight is 501 g/mol. The molecule has 0 radical (unpaired) electrons. The van der Waals surface area contributed by atoms with E-state index >= 15 is 0 Å². The normalized spacial score (nSPS) is 11.3. The van der Waals surface area contributed by atoms with E-state index in [1.165, 1.54) is 24.3 Å². The summed E-state index contributed by atoms with van der Waals surface area (Å²) in [5, 5.41) is 3.00. The van der Waals surface area contributed by atoms with Crippen LogP contribution in [0.5, 0.6) is 5.75 Å². The van der Waals surface area contributed by atoms with Crippen molar-refractivity contribution in [2.24, 2.45) is 0 Å². The number of ether oxygens (including phenoxy) is 1. The molecule has 0 unspecified atom stereocenters. The molecule has 9 heteroatoms. The minimum Gasteiger partial charge on any atom is -0.494 e. The maximum atomic E-state index is 13.1. The lowest BCUT2D eigenvalue weighted by molar-refractivity contribution is -0.116. The maximum absolute atomic E-state index is 13.1. The van der Waals surface area contributed by atoms with Crippen molar-refractivity contribution in [2.75, 3.05) is 25.0 Å². The molecular weight excluding hydrogens is 476 g/mol.